The van der Waals surface area contributed by atoms with E-state index in [0.29, 0.717) is 18.0 Å². The molecule has 0 radical (unpaired) electrons. The van der Waals surface area contributed by atoms with E-state index in [9.17, 15) is 4.79 Å². The van der Waals surface area contributed by atoms with Crippen molar-refractivity contribution >= 4 is 5.69 Å². The molecule has 2 N–H and O–H groups in total. The Balaban J connectivity index is 2.26. The Morgan fingerprint density at radius 2 is 2.00 bits per heavy atom. The lowest BCUT2D eigenvalue weighted by molar-refractivity contribution is 0.417. The highest BCUT2D eigenvalue weighted by molar-refractivity contribution is 5.54. The van der Waals surface area contributed by atoms with Crippen molar-refractivity contribution in [2.24, 2.45) is 0 Å². The van der Waals surface area contributed by atoms with Gasteiger partial charge in [-0.05, 0) is 35.7 Å². The van der Waals surface area contributed by atoms with Gasteiger partial charge in [-0.2, -0.15) is 0 Å². The number of anilines is 1. The molecule has 0 unspecified atom stereocenters. The van der Waals surface area contributed by atoms with E-state index in [1.54, 1.807) is 17.7 Å². The molecule has 0 saturated heterocycles. The van der Waals surface area contributed by atoms with E-state index >= 15 is 0 Å². The number of nitrogens with two attached hydrogens (primary N) is 1. The molecule has 2 rings (SSSR count). The van der Waals surface area contributed by atoms with Crippen molar-refractivity contribution in [2.45, 2.75) is 19.9 Å². The first kappa shape index (κ1) is 13.2. The Kier molecular flexibility index (Phi) is 3.90. The third-order valence-electron chi connectivity index (χ3n) is 3.12. The molecule has 0 aliphatic carbocycles. The minimum atomic E-state index is 0.00809. The Bertz CT molecular complexity index is 632. The van der Waals surface area contributed by atoms with Crippen molar-refractivity contribution in [3.8, 4) is 5.75 Å². The summed E-state index contributed by atoms with van der Waals surface area (Å²) in [5.41, 5.74) is 8.47. The van der Waals surface area contributed by atoms with Gasteiger partial charge in [-0.3, -0.25) is 4.79 Å². The standard InChI is InChI=1S/C15H18N2O2/c1-3-11-6-7-17(15(18)9-11)10-12-4-5-14(19-2)13(16)8-12/h4-9H,3,10,16H2,1-2H3. The maximum Gasteiger partial charge on any atom is 0.251 e. The molecule has 1 aromatic heterocycles. The Morgan fingerprint density at radius 3 is 2.58 bits per heavy atom. The number of aromatic nitrogens is 1. The topological polar surface area (TPSA) is 57.2 Å². The van der Waals surface area contributed by atoms with Crippen LogP contribution in [0.15, 0.2) is 41.3 Å². The van der Waals surface area contributed by atoms with Crippen LogP contribution in [0.1, 0.15) is 18.1 Å². The van der Waals surface area contributed by atoms with Gasteiger partial charge in [0.05, 0.1) is 19.3 Å². The van der Waals surface area contributed by atoms with Crippen LogP contribution in [0.2, 0.25) is 0 Å². The Hall–Kier alpha value is -2.23. The van der Waals surface area contributed by atoms with Gasteiger partial charge in [-0.15, -0.1) is 0 Å². The zero-order valence-corrected chi connectivity index (χ0v) is 11.2. The number of aryl methyl sites for hydroxylation is 1. The fourth-order valence-electron chi connectivity index (χ4n) is 1.98. The molecule has 0 saturated carbocycles. The van der Waals surface area contributed by atoms with Gasteiger partial charge in [-0.1, -0.05) is 13.0 Å². The summed E-state index contributed by atoms with van der Waals surface area (Å²) < 4.78 is 6.78. The van der Waals surface area contributed by atoms with Gasteiger partial charge in [0.15, 0.2) is 0 Å². The van der Waals surface area contributed by atoms with Crippen LogP contribution in [-0.4, -0.2) is 11.7 Å². The third kappa shape index (κ3) is 2.96. The fourth-order valence-corrected chi connectivity index (χ4v) is 1.98. The highest BCUT2D eigenvalue weighted by Gasteiger charge is 2.03. The molecule has 1 aromatic carbocycles. The normalized spacial score (nSPS) is 10.4. The summed E-state index contributed by atoms with van der Waals surface area (Å²) in [6.45, 7) is 2.54. The van der Waals surface area contributed by atoms with Crippen LogP contribution in [0.5, 0.6) is 5.75 Å². The maximum absolute atomic E-state index is 11.9. The van der Waals surface area contributed by atoms with Gasteiger partial charge >= 0.3 is 0 Å². The molecular formula is C15H18N2O2. The zero-order valence-electron chi connectivity index (χ0n) is 11.2. The summed E-state index contributed by atoms with van der Waals surface area (Å²) in [6, 6.07) is 9.20. The van der Waals surface area contributed by atoms with Crippen molar-refractivity contribution < 1.29 is 4.74 Å². The maximum atomic E-state index is 11.9. The van der Waals surface area contributed by atoms with Gasteiger partial charge in [-0.25, -0.2) is 0 Å². The molecule has 0 bridgehead atoms. The average molecular weight is 258 g/mol. The monoisotopic (exact) mass is 258 g/mol. The summed E-state index contributed by atoms with van der Waals surface area (Å²) >= 11 is 0. The molecule has 0 aliphatic rings. The first-order chi connectivity index (χ1) is 9.13. The van der Waals surface area contributed by atoms with Crippen LogP contribution < -0.4 is 16.0 Å². The molecule has 0 atom stereocenters. The minimum Gasteiger partial charge on any atom is -0.495 e. The Morgan fingerprint density at radius 1 is 1.21 bits per heavy atom. The van der Waals surface area contributed by atoms with Crippen molar-refractivity contribution in [3.63, 3.8) is 0 Å². The lowest BCUT2D eigenvalue weighted by Gasteiger charge is -2.09. The van der Waals surface area contributed by atoms with E-state index in [1.165, 1.54) is 0 Å². The first-order valence-electron chi connectivity index (χ1n) is 6.25. The van der Waals surface area contributed by atoms with Gasteiger partial charge in [0, 0.05) is 12.3 Å². The highest BCUT2D eigenvalue weighted by Crippen LogP contribution is 2.22. The van der Waals surface area contributed by atoms with Crippen LogP contribution in [-0.2, 0) is 13.0 Å². The third-order valence-corrected chi connectivity index (χ3v) is 3.12. The van der Waals surface area contributed by atoms with Crippen LogP contribution in [0.3, 0.4) is 0 Å². The lowest BCUT2D eigenvalue weighted by atomic mass is 10.1. The fraction of sp³-hybridized carbons (Fsp3) is 0.267. The van der Waals surface area contributed by atoms with Gasteiger partial charge in [0.2, 0.25) is 0 Å². The van der Waals surface area contributed by atoms with Crippen molar-refractivity contribution in [1.29, 1.82) is 0 Å². The summed E-state index contributed by atoms with van der Waals surface area (Å²) in [4.78, 5) is 11.9. The molecule has 4 nitrogen and oxygen atoms in total. The summed E-state index contributed by atoms with van der Waals surface area (Å²) in [7, 11) is 1.58. The van der Waals surface area contributed by atoms with Gasteiger partial charge in [0.1, 0.15) is 5.75 Å². The second-order valence-electron chi connectivity index (χ2n) is 4.43. The number of hydrogen-bond donors (Lipinski definition) is 1. The largest absolute Gasteiger partial charge is 0.495 e. The first-order valence-corrected chi connectivity index (χ1v) is 6.25. The van der Waals surface area contributed by atoms with Crippen LogP contribution in [0, 0.1) is 0 Å². The molecule has 0 fully saturated rings. The van der Waals surface area contributed by atoms with Gasteiger partial charge < -0.3 is 15.0 Å². The Labute approximate surface area is 112 Å². The summed E-state index contributed by atoms with van der Waals surface area (Å²) in [6.07, 6.45) is 2.69. The van der Waals surface area contributed by atoms with Crippen LogP contribution in [0.25, 0.3) is 0 Å². The predicted molar refractivity (Wildman–Crippen MR) is 76.6 cm³/mol. The molecular weight excluding hydrogens is 240 g/mol. The van der Waals surface area contributed by atoms with Crippen LogP contribution in [0.4, 0.5) is 5.69 Å². The SMILES string of the molecule is CCc1ccn(Cc2ccc(OC)c(N)c2)c(=O)c1. The average Bonchev–Trinajstić information content (AvgIpc) is 2.41. The molecule has 0 amide bonds. The van der Waals surface area contributed by atoms with Gasteiger partial charge in [0.25, 0.3) is 5.56 Å². The number of rotatable bonds is 4. The number of methoxy groups -OCH3 is 1. The predicted octanol–water partition coefficient (Wildman–Crippen LogP) is 2.05. The molecule has 2 aromatic rings. The number of ether oxygens (including phenoxy) is 1. The van der Waals surface area contributed by atoms with E-state index in [-0.39, 0.29) is 5.56 Å². The molecule has 19 heavy (non-hydrogen) atoms. The smallest absolute Gasteiger partial charge is 0.251 e. The molecule has 4 heteroatoms. The number of nitrogen functional groups attached to an aromatic ring is 1. The van der Waals surface area contributed by atoms with E-state index < -0.39 is 0 Å². The number of hydrogen-bond acceptors (Lipinski definition) is 3. The van der Waals surface area contributed by atoms with Crippen molar-refractivity contribution in [2.75, 3.05) is 12.8 Å². The molecule has 1 heterocycles. The van der Waals surface area contributed by atoms with E-state index in [1.807, 2.05) is 37.4 Å². The van der Waals surface area contributed by atoms with Crippen LogP contribution >= 0.6 is 0 Å². The summed E-state index contributed by atoms with van der Waals surface area (Å²) in [5.74, 6) is 0.650. The highest BCUT2D eigenvalue weighted by atomic mass is 16.5. The number of nitrogens with zero attached hydrogens (tertiary/aromatic N) is 1. The second kappa shape index (κ2) is 5.61. The zero-order chi connectivity index (χ0) is 13.8. The minimum absolute atomic E-state index is 0.00809. The second-order valence-corrected chi connectivity index (χ2v) is 4.43. The summed E-state index contributed by atoms with van der Waals surface area (Å²) in [5, 5.41) is 0. The van der Waals surface area contributed by atoms with E-state index in [0.717, 1.165) is 17.5 Å². The van der Waals surface area contributed by atoms with E-state index in [2.05, 4.69) is 0 Å². The molecule has 0 aliphatic heterocycles. The van der Waals surface area contributed by atoms with Crippen molar-refractivity contribution in [1.82, 2.24) is 4.57 Å². The quantitative estimate of drug-likeness (QED) is 0.854. The molecule has 0 spiro atoms. The number of pyridine rings is 1. The van der Waals surface area contributed by atoms with Crippen molar-refractivity contribution in [3.05, 3.63) is 58.0 Å². The van der Waals surface area contributed by atoms with E-state index in [4.69, 9.17) is 10.5 Å². The lowest BCUT2D eigenvalue weighted by Crippen LogP contribution is -2.19. The number of benzene rings is 1. The molecule has 100 valence electrons.